The van der Waals surface area contributed by atoms with Crippen molar-refractivity contribution >= 4 is 11.9 Å². The molecule has 1 heterocycles. The monoisotopic (exact) mass is 244 g/mol. The van der Waals surface area contributed by atoms with E-state index in [-0.39, 0.29) is 18.1 Å². The zero-order valence-corrected chi connectivity index (χ0v) is 10.1. The summed E-state index contributed by atoms with van der Waals surface area (Å²) in [4.78, 5) is 23.6. The number of methoxy groups -OCH3 is 2. The highest BCUT2D eigenvalue weighted by Crippen LogP contribution is 2.61. The molecule has 1 unspecified atom stereocenters. The number of esters is 2. The van der Waals surface area contributed by atoms with Crippen molar-refractivity contribution in [1.82, 2.24) is 0 Å². The van der Waals surface area contributed by atoms with Crippen molar-refractivity contribution < 1.29 is 28.5 Å². The number of hydrogen-bond donors (Lipinski definition) is 0. The van der Waals surface area contributed by atoms with Gasteiger partial charge >= 0.3 is 11.9 Å². The topological polar surface area (TPSA) is 71.1 Å². The van der Waals surface area contributed by atoms with Crippen molar-refractivity contribution in [3.63, 3.8) is 0 Å². The number of hydrogen-bond acceptors (Lipinski definition) is 6. The van der Waals surface area contributed by atoms with Crippen molar-refractivity contribution in [3.8, 4) is 0 Å². The summed E-state index contributed by atoms with van der Waals surface area (Å²) in [6.07, 6.45) is -0.309. The summed E-state index contributed by atoms with van der Waals surface area (Å²) in [7, 11) is 2.52. The predicted molar refractivity (Wildman–Crippen MR) is 54.8 cm³/mol. The first kappa shape index (κ1) is 12.3. The van der Waals surface area contributed by atoms with E-state index in [1.54, 1.807) is 6.92 Å². The van der Waals surface area contributed by atoms with E-state index in [2.05, 4.69) is 0 Å². The number of rotatable bonds is 2. The van der Waals surface area contributed by atoms with E-state index in [1.165, 1.54) is 14.2 Å². The van der Waals surface area contributed by atoms with Gasteiger partial charge in [-0.3, -0.25) is 9.59 Å². The minimum atomic E-state index is -1.23. The molecule has 2 rings (SSSR count). The van der Waals surface area contributed by atoms with E-state index in [0.717, 1.165) is 0 Å². The number of fused-ring (bicyclic) bond motifs is 1. The third-order valence-corrected chi connectivity index (χ3v) is 3.61. The molecule has 3 atom stereocenters. The summed E-state index contributed by atoms with van der Waals surface area (Å²) >= 11 is 0. The summed E-state index contributed by atoms with van der Waals surface area (Å²) in [5.41, 5.74) is -1.23. The van der Waals surface area contributed by atoms with Crippen LogP contribution in [0.3, 0.4) is 0 Å². The van der Waals surface area contributed by atoms with Crippen LogP contribution in [0.25, 0.3) is 0 Å². The standard InChI is InChI=1S/C11H16O6/c1-6-16-4-7-8(5-17-6)11(7,9(12)14-2)10(13)15-3/h6-8H,4-5H2,1-3H3/t6?,7-,8+. The Hall–Kier alpha value is -1.14. The molecule has 0 spiro atoms. The summed E-state index contributed by atoms with van der Waals surface area (Å²) in [5.74, 6) is -1.57. The molecular formula is C11H16O6. The number of ether oxygens (including phenoxy) is 4. The molecule has 0 aromatic heterocycles. The summed E-state index contributed by atoms with van der Waals surface area (Å²) in [6.45, 7) is 2.38. The lowest BCUT2D eigenvalue weighted by Crippen LogP contribution is -2.34. The van der Waals surface area contributed by atoms with Crippen LogP contribution >= 0.6 is 0 Å². The highest BCUT2D eigenvalue weighted by molar-refractivity contribution is 6.04. The van der Waals surface area contributed by atoms with Crippen LogP contribution in [0.5, 0.6) is 0 Å². The highest BCUT2D eigenvalue weighted by Gasteiger charge is 2.76. The molecule has 6 nitrogen and oxygen atoms in total. The lowest BCUT2D eigenvalue weighted by molar-refractivity contribution is -0.170. The summed E-state index contributed by atoms with van der Waals surface area (Å²) < 4.78 is 20.1. The van der Waals surface area contributed by atoms with E-state index < -0.39 is 17.4 Å². The highest BCUT2D eigenvalue weighted by atomic mass is 16.7. The Bertz CT molecular complexity index is 307. The first-order valence-corrected chi connectivity index (χ1v) is 5.49. The molecule has 17 heavy (non-hydrogen) atoms. The molecule has 1 saturated heterocycles. The number of carbonyl (C=O) groups excluding carboxylic acids is 2. The van der Waals surface area contributed by atoms with Gasteiger partial charge in [-0.05, 0) is 6.92 Å². The van der Waals surface area contributed by atoms with Gasteiger partial charge in [-0.2, -0.15) is 0 Å². The first-order valence-electron chi connectivity index (χ1n) is 5.49. The smallest absolute Gasteiger partial charge is 0.324 e. The van der Waals surface area contributed by atoms with Crippen LogP contribution in [-0.4, -0.2) is 45.7 Å². The third kappa shape index (κ3) is 1.63. The van der Waals surface area contributed by atoms with Gasteiger partial charge in [0.25, 0.3) is 0 Å². The Morgan fingerprint density at radius 1 is 1.06 bits per heavy atom. The lowest BCUT2D eigenvalue weighted by atomic mass is 10.0. The van der Waals surface area contributed by atoms with E-state index in [4.69, 9.17) is 18.9 Å². The molecule has 0 aromatic carbocycles. The Morgan fingerprint density at radius 2 is 1.47 bits per heavy atom. The summed E-state index contributed by atoms with van der Waals surface area (Å²) in [6, 6.07) is 0. The minimum absolute atomic E-state index is 0.215. The van der Waals surface area contributed by atoms with Crippen molar-refractivity contribution in [1.29, 1.82) is 0 Å². The molecule has 0 aromatic rings. The second-order valence-corrected chi connectivity index (χ2v) is 4.30. The molecule has 1 saturated carbocycles. The largest absolute Gasteiger partial charge is 0.468 e. The normalized spacial score (nSPS) is 34.2. The average molecular weight is 244 g/mol. The second kappa shape index (κ2) is 4.27. The molecule has 1 aliphatic heterocycles. The summed E-state index contributed by atoms with van der Waals surface area (Å²) in [5, 5.41) is 0. The SMILES string of the molecule is COC(=O)C1(C(=O)OC)[C@@H]2COC(C)OC[C@@H]21. The van der Waals surface area contributed by atoms with Crippen LogP contribution in [0.4, 0.5) is 0 Å². The first-order chi connectivity index (χ1) is 8.08. The Kier molecular flexibility index (Phi) is 3.09. The molecule has 6 heteroatoms. The molecule has 0 bridgehead atoms. The fraction of sp³-hybridized carbons (Fsp3) is 0.818. The van der Waals surface area contributed by atoms with Gasteiger partial charge in [0.05, 0.1) is 27.4 Å². The van der Waals surface area contributed by atoms with E-state index in [0.29, 0.717) is 13.2 Å². The predicted octanol–water partition coefficient (Wildman–Crippen LogP) is -0.0424. The van der Waals surface area contributed by atoms with Gasteiger partial charge in [0, 0.05) is 11.8 Å². The van der Waals surface area contributed by atoms with Gasteiger partial charge in [-0.15, -0.1) is 0 Å². The van der Waals surface area contributed by atoms with Gasteiger partial charge in [-0.25, -0.2) is 0 Å². The Balaban J connectivity index is 2.22. The van der Waals surface area contributed by atoms with Crippen molar-refractivity contribution in [3.05, 3.63) is 0 Å². The van der Waals surface area contributed by atoms with Gasteiger partial charge < -0.3 is 18.9 Å². The zero-order valence-electron chi connectivity index (χ0n) is 10.1. The molecule has 0 radical (unpaired) electrons. The fourth-order valence-corrected chi connectivity index (χ4v) is 2.59. The third-order valence-electron chi connectivity index (χ3n) is 3.61. The van der Waals surface area contributed by atoms with Crippen molar-refractivity contribution in [2.24, 2.45) is 17.3 Å². The van der Waals surface area contributed by atoms with E-state index in [9.17, 15) is 9.59 Å². The van der Waals surface area contributed by atoms with Crippen LogP contribution in [0.1, 0.15) is 6.92 Å². The Labute approximate surface area is 99.2 Å². The molecular weight excluding hydrogens is 228 g/mol. The zero-order chi connectivity index (χ0) is 12.6. The quantitative estimate of drug-likeness (QED) is 0.501. The molecule has 96 valence electrons. The number of carbonyl (C=O) groups is 2. The maximum atomic E-state index is 11.8. The second-order valence-electron chi connectivity index (χ2n) is 4.30. The maximum Gasteiger partial charge on any atom is 0.324 e. The molecule has 0 N–H and O–H groups in total. The molecule has 1 aliphatic carbocycles. The van der Waals surface area contributed by atoms with Crippen molar-refractivity contribution in [2.45, 2.75) is 13.2 Å². The van der Waals surface area contributed by atoms with Gasteiger partial charge in [0.2, 0.25) is 0 Å². The van der Waals surface area contributed by atoms with Crippen LogP contribution in [0, 0.1) is 17.3 Å². The van der Waals surface area contributed by atoms with Crippen LogP contribution in [0.15, 0.2) is 0 Å². The van der Waals surface area contributed by atoms with Gasteiger partial charge in [-0.1, -0.05) is 0 Å². The van der Waals surface area contributed by atoms with Crippen LogP contribution in [-0.2, 0) is 28.5 Å². The molecule has 0 amide bonds. The lowest BCUT2D eigenvalue weighted by Gasteiger charge is -2.17. The van der Waals surface area contributed by atoms with Gasteiger partial charge in [0.15, 0.2) is 11.7 Å². The maximum absolute atomic E-state index is 11.8. The van der Waals surface area contributed by atoms with Gasteiger partial charge in [0.1, 0.15) is 0 Å². The van der Waals surface area contributed by atoms with E-state index >= 15 is 0 Å². The van der Waals surface area contributed by atoms with Crippen molar-refractivity contribution in [2.75, 3.05) is 27.4 Å². The van der Waals surface area contributed by atoms with Crippen LogP contribution in [0.2, 0.25) is 0 Å². The fourth-order valence-electron chi connectivity index (χ4n) is 2.59. The average Bonchev–Trinajstić information content (AvgIpc) is 3.03. The van der Waals surface area contributed by atoms with E-state index in [1.807, 2.05) is 0 Å². The molecule has 2 aliphatic rings. The minimum Gasteiger partial charge on any atom is -0.468 e. The van der Waals surface area contributed by atoms with Crippen LogP contribution < -0.4 is 0 Å². The molecule has 2 fully saturated rings. The Morgan fingerprint density at radius 3 is 1.82 bits per heavy atom.